The molecule has 0 saturated heterocycles. The number of ether oxygens (including phenoxy) is 1. The Kier molecular flexibility index (Phi) is 8.41. The number of benzene rings is 3. The van der Waals surface area contributed by atoms with Gasteiger partial charge in [-0.05, 0) is 37.1 Å². The number of aromatic nitrogens is 2. The number of unbranched alkanes of at least 4 members (excludes halogenated alkanes) is 1. The van der Waals surface area contributed by atoms with E-state index in [0.29, 0.717) is 46.1 Å². The van der Waals surface area contributed by atoms with Gasteiger partial charge >= 0.3 is 5.97 Å². The molecule has 1 atom stereocenters. The quantitative estimate of drug-likeness (QED) is 0.261. The van der Waals surface area contributed by atoms with Crippen LogP contribution in [0, 0.1) is 6.92 Å². The Morgan fingerprint density at radius 3 is 2.35 bits per heavy atom. The van der Waals surface area contributed by atoms with Crippen molar-refractivity contribution in [2.45, 2.75) is 45.8 Å². The first-order valence-electron chi connectivity index (χ1n) is 12.3. The molecule has 6 nitrogen and oxygen atoms in total. The largest absolute Gasteiger partial charge is 0.478 e. The van der Waals surface area contributed by atoms with E-state index in [1.807, 2.05) is 43.3 Å². The highest BCUT2D eigenvalue weighted by atomic mass is 35.5. The lowest BCUT2D eigenvalue weighted by molar-refractivity contribution is -0.145. The van der Waals surface area contributed by atoms with E-state index in [9.17, 15) is 14.7 Å². The number of rotatable bonds is 10. The van der Waals surface area contributed by atoms with Crippen LogP contribution in [0.15, 0.2) is 83.7 Å². The summed E-state index contributed by atoms with van der Waals surface area (Å²) in [5, 5.41) is 10.2. The van der Waals surface area contributed by atoms with Crippen LogP contribution in [-0.4, -0.2) is 20.6 Å². The molecule has 190 valence electrons. The Balaban J connectivity index is 1.65. The van der Waals surface area contributed by atoms with E-state index >= 15 is 0 Å². The molecular formula is C30H29ClN2O4. The monoisotopic (exact) mass is 516 g/mol. The number of aliphatic carboxylic acids is 1. The third kappa shape index (κ3) is 6.09. The lowest BCUT2D eigenvalue weighted by Gasteiger charge is -2.18. The molecular weight excluding hydrogens is 488 g/mol. The topological polar surface area (TPSA) is 81.4 Å². The van der Waals surface area contributed by atoms with E-state index in [2.05, 4.69) is 6.92 Å². The van der Waals surface area contributed by atoms with E-state index < -0.39 is 12.1 Å². The van der Waals surface area contributed by atoms with Gasteiger partial charge in [0.1, 0.15) is 11.6 Å². The number of hydrogen-bond acceptors (Lipinski definition) is 4. The maximum absolute atomic E-state index is 13.7. The second-order valence-electron chi connectivity index (χ2n) is 8.85. The first kappa shape index (κ1) is 26.2. The molecule has 0 bridgehead atoms. The van der Waals surface area contributed by atoms with Crippen molar-refractivity contribution in [3.8, 4) is 16.9 Å². The van der Waals surface area contributed by atoms with Gasteiger partial charge in [0, 0.05) is 22.6 Å². The molecule has 1 heterocycles. The molecule has 37 heavy (non-hydrogen) atoms. The standard InChI is InChI=1S/C30H29ClN2O4/c1-3-4-14-26-32-20(2)27(24-12-8-9-13-25(24)31)29(34)33(26)19-21-15-17-23(18-16-21)37-28(30(35)36)22-10-6-5-7-11-22/h5-13,15-18,28H,3-4,14,19H2,1-2H3,(H,35,36). The SMILES string of the molecule is CCCCc1nc(C)c(-c2ccccc2Cl)c(=O)n1Cc1ccc(OC(C(=O)O)c2ccccc2)cc1. The summed E-state index contributed by atoms with van der Waals surface area (Å²) in [6, 6.07) is 23.2. The molecule has 4 aromatic rings. The van der Waals surface area contributed by atoms with Gasteiger partial charge in [0.15, 0.2) is 0 Å². The summed E-state index contributed by atoms with van der Waals surface area (Å²) in [6.07, 6.45) is 1.47. The lowest BCUT2D eigenvalue weighted by atomic mass is 10.0. The van der Waals surface area contributed by atoms with Gasteiger partial charge in [0.25, 0.3) is 5.56 Å². The number of hydrogen-bond donors (Lipinski definition) is 1. The molecule has 7 heteroatoms. The van der Waals surface area contributed by atoms with E-state index in [1.54, 1.807) is 47.0 Å². The predicted octanol–water partition coefficient (Wildman–Crippen LogP) is 6.47. The average Bonchev–Trinajstić information content (AvgIpc) is 2.90. The van der Waals surface area contributed by atoms with Crippen molar-refractivity contribution in [2.75, 3.05) is 0 Å². The molecule has 0 aliphatic heterocycles. The number of carboxylic acids is 1. The third-order valence-electron chi connectivity index (χ3n) is 6.17. The van der Waals surface area contributed by atoms with Crippen LogP contribution in [0.2, 0.25) is 5.02 Å². The Morgan fingerprint density at radius 2 is 1.70 bits per heavy atom. The number of aryl methyl sites for hydroxylation is 2. The van der Waals surface area contributed by atoms with Gasteiger partial charge in [-0.2, -0.15) is 0 Å². The van der Waals surface area contributed by atoms with E-state index in [0.717, 1.165) is 24.2 Å². The van der Waals surface area contributed by atoms with Crippen molar-refractivity contribution in [2.24, 2.45) is 0 Å². The minimum atomic E-state index is -1.12. The van der Waals surface area contributed by atoms with Crippen molar-refractivity contribution < 1.29 is 14.6 Å². The van der Waals surface area contributed by atoms with Crippen molar-refractivity contribution in [3.05, 3.63) is 117 Å². The highest BCUT2D eigenvalue weighted by molar-refractivity contribution is 6.33. The smallest absolute Gasteiger partial charge is 0.349 e. The molecule has 0 fully saturated rings. The molecule has 0 aliphatic rings. The number of halogens is 1. The van der Waals surface area contributed by atoms with Gasteiger partial charge in [-0.15, -0.1) is 0 Å². The van der Waals surface area contributed by atoms with Crippen LogP contribution in [0.25, 0.3) is 11.1 Å². The Labute approximate surface area is 221 Å². The zero-order valence-corrected chi connectivity index (χ0v) is 21.6. The first-order valence-corrected chi connectivity index (χ1v) is 12.7. The summed E-state index contributed by atoms with van der Waals surface area (Å²) in [5.74, 6) is 0.0908. The zero-order chi connectivity index (χ0) is 26.4. The predicted molar refractivity (Wildman–Crippen MR) is 145 cm³/mol. The maximum atomic E-state index is 13.7. The highest BCUT2D eigenvalue weighted by Gasteiger charge is 2.22. The summed E-state index contributed by atoms with van der Waals surface area (Å²) in [4.78, 5) is 30.4. The van der Waals surface area contributed by atoms with Crippen LogP contribution in [0.5, 0.6) is 5.75 Å². The molecule has 0 saturated carbocycles. The van der Waals surface area contributed by atoms with Crippen molar-refractivity contribution >= 4 is 17.6 Å². The van der Waals surface area contributed by atoms with Crippen molar-refractivity contribution in [1.29, 1.82) is 0 Å². The molecule has 4 rings (SSSR count). The minimum absolute atomic E-state index is 0.137. The summed E-state index contributed by atoms with van der Waals surface area (Å²) >= 11 is 6.43. The zero-order valence-electron chi connectivity index (χ0n) is 20.9. The molecule has 1 aromatic heterocycles. The van der Waals surface area contributed by atoms with Gasteiger partial charge in [0.2, 0.25) is 6.10 Å². The van der Waals surface area contributed by atoms with Crippen LogP contribution in [0.1, 0.15) is 48.5 Å². The molecule has 0 spiro atoms. The van der Waals surface area contributed by atoms with E-state index in [-0.39, 0.29) is 5.56 Å². The summed E-state index contributed by atoms with van der Waals surface area (Å²) in [6.45, 7) is 4.27. The number of nitrogens with zero attached hydrogens (tertiary/aromatic N) is 2. The maximum Gasteiger partial charge on any atom is 0.349 e. The van der Waals surface area contributed by atoms with Crippen molar-refractivity contribution in [3.63, 3.8) is 0 Å². The minimum Gasteiger partial charge on any atom is -0.478 e. The fourth-order valence-corrected chi connectivity index (χ4v) is 4.49. The Hall–Kier alpha value is -3.90. The third-order valence-corrected chi connectivity index (χ3v) is 6.50. The average molecular weight is 517 g/mol. The van der Waals surface area contributed by atoms with Gasteiger partial charge < -0.3 is 9.84 Å². The first-order chi connectivity index (χ1) is 17.9. The molecule has 0 radical (unpaired) electrons. The second-order valence-corrected chi connectivity index (χ2v) is 9.26. The molecule has 1 N–H and O–H groups in total. The lowest BCUT2D eigenvalue weighted by Crippen LogP contribution is -2.28. The number of carboxylic acid groups (broad SMARTS) is 1. The molecule has 0 aliphatic carbocycles. The second kappa shape index (κ2) is 11.9. The van der Waals surface area contributed by atoms with E-state index in [4.69, 9.17) is 21.3 Å². The Bertz CT molecular complexity index is 1430. The van der Waals surface area contributed by atoms with E-state index in [1.165, 1.54) is 0 Å². The van der Waals surface area contributed by atoms with Crippen LogP contribution < -0.4 is 10.3 Å². The van der Waals surface area contributed by atoms with Gasteiger partial charge in [-0.1, -0.05) is 85.6 Å². The molecule has 0 amide bonds. The van der Waals surface area contributed by atoms with Gasteiger partial charge in [-0.25, -0.2) is 9.78 Å². The summed E-state index contributed by atoms with van der Waals surface area (Å²) in [7, 11) is 0. The van der Waals surface area contributed by atoms with Gasteiger partial charge in [-0.3, -0.25) is 9.36 Å². The number of carbonyl (C=O) groups is 1. The van der Waals surface area contributed by atoms with Crippen LogP contribution in [0.4, 0.5) is 0 Å². The molecule has 3 aromatic carbocycles. The fourth-order valence-electron chi connectivity index (χ4n) is 4.26. The van der Waals surface area contributed by atoms with Crippen molar-refractivity contribution in [1.82, 2.24) is 9.55 Å². The van der Waals surface area contributed by atoms with Crippen LogP contribution in [0.3, 0.4) is 0 Å². The Morgan fingerprint density at radius 1 is 1.03 bits per heavy atom. The van der Waals surface area contributed by atoms with Crippen LogP contribution in [-0.2, 0) is 17.8 Å². The summed E-state index contributed by atoms with van der Waals surface area (Å²) < 4.78 is 7.49. The fraction of sp³-hybridized carbons (Fsp3) is 0.233. The van der Waals surface area contributed by atoms with Crippen LogP contribution >= 0.6 is 11.6 Å². The normalized spacial score (nSPS) is 11.8. The summed E-state index contributed by atoms with van der Waals surface area (Å²) in [5.41, 5.74) is 3.11. The van der Waals surface area contributed by atoms with Gasteiger partial charge in [0.05, 0.1) is 17.8 Å². The molecule has 1 unspecified atom stereocenters. The highest BCUT2D eigenvalue weighted by Crippen LogP contribution is 2.28.